The summed E-state index contributed by atoms with van der Waals surface area (Å²) in [5.41, 5.74) is 1.80. The predicted octanol–water partition coefficient (Wildman–Crippen LogP) is 3.57. The summed E-state index contributed by atoms with van der Waals surface area (Å²) in [6.07, 6.45) is 1.90. The van der Waals surface area contributed by atoms with Crippen molar-refractivity contribution in [2.75, 3.05) is 20.7 Å². The highest BCUT2D eigenvalue weighted by atomic mass is 35.5. The first-order valence-corrected chi connectivity index (χ1v) is 7.97. The van der Waals surface area contributed by atoms with E-state index in [1.54, 1.807) is 12.1 Å². The van der Waals surface area contributed by atoms with Gasteiger partial charge in [-0.1, -0.05) is 41.9 Å². The number of aromatic amines is 1. The zero-order chi connectivity index (χ0) is 17.1. The topological polar surface area (TPSA) is 45.1 Å². The zero-order valence-electron chi connectivity index (χ0n) is 13.5. The maximum Gasteiger partial charge on any atom is 0.260 e. The molecule has 3 aromatic rings. The normalized spacial score (nSPS) is 10.6. The number of pyridine rings is 1. The van der Waals surface area contributed by atoms with Crippen LogP contribution in [0.3, 0.4) is 0 Å². The average molecular weight is 342 g/mol. The average Bonchev–Trinajstić information content (AvgIpc) is 2.54. The van der Waals surface area contributed by atoms with E-state index in [-0.39, 0.29) is 5.56 Å². The second-order valence-corrected chi connectivity index (χ2v) is 6.11. The lowest BCUT2D eigenvalue weighted by molar-refractivity contribution is -0.460. The Morgan fingerprint density at radius 2 is 1.92 bits per heavy atom. The molecule has 0 aliphatic heterocycles. The molecule has 0 aliphatic carbocycles. The third kappa shape index (κ3) is 3.34. The minimum absolute atomic E-state index is 0.198. The van der Waals surface area contributed by atoms with Crippen LogP contribution in [0.5, 0.6) is 5.75 Å². The van der Waals surface area contributed by atoms with Gasteiger partial charge in [-0.3, -0.25) is 4.79 Å². The third-order valence-electron chi connectivity index (χ3n) is 3.66. The van der Waals surface area contributed by atoms with Crippen molar-refractivity contribution in [3.63, 3.8) is 0 Å². The van der Waals surface area contributed by atoms with E-state index in [1.807, 2.05) is 61.3 Å². The van der Waals surface area contributed by atoms with E-state index in [2.05, 4.69) is 4.98 Å². The molecule has 1 heterocycles. The molecule has 0 amide bonds. The maximum atomic E-state index is 12.7. The van der Waals surface area contributed by atoms with Crippen molar-refractivity contribution < 1.29 is 9.31 Å². The number of benzene rings is 2. The van der Waals surface area contributed by atoms with Gasteiger partial charge in [0.25, 0.3) is 5.56 Å². The Kier molecular flexibility index (Phi) is 4.67. The Bertz CT molecular complexity index is 958. The Morgan fingerprint density at radius 3 is 2.62 bits per heavy atom. The first-order valence-electron chi connectivity index (χ1n) is 7.60. The lowest BCUT2D eigenvalue weighted by Crippen LogP contribution is -2.14. The SMILES string of the molecule is C[N+](C)=CCOc1c(-c2ccccc2)c(=O)[nH]c2cc(Cl)ccc12. The second kappa shape index (κ2) is 6.89. The summed E-state index contributed by atoms with van der Waals surface area (Å²) in [5.74, 6) is 0.565. The van der Waals surface area contributed by atoms with Gasteiger partial charge in [-0.15, -0.1) is 0 Å². The van der Waals surface area contributed by atoms with E-state index >= 15 is 0 Å². The van der Waals surface area contributed by atoms with Crippen LogP contribution < -0.4 is 10.3 Å². The van der Waals surface area contributed by atoms with Crippen molar-refractivity contribution in [2.45, 2.75) is 0 Å². The number of fused-ring (bicyclic) bond motifs is 1. The summed E-state index contributed by atoms with van der Waals surface area (Å²) < 4.78 is 7.89. The van der Waals surface area contributed by atoms with Crippen LogP contribution in [0.1, 0.15) is 0 Å². The zero-order valence-corrected chi connectivity index (χ0v) is 14.3. The van der Waals surface area contributed by atoms with Gasteiger partial charge in [-0.05, 0) is 23.8 Å². The summed E-state index contributed by atoms with van der Waals surface area (Å²) in [6.45, 7) is 0.369. The third-order valence-corrected chi connectivity index (χ3v) is 3.89. The van der Waals surface area contributed by atoms with Crippen LogP contribution in [0.2, 0.25) is 5.02 Å². The largest absolute Gasteiger partial charge is 0.482 e. The molecule has 0 radical (unpaired) electrons. The van der Waals surface area contributed by atoms with Gasteiger partial charge >= 0.3 is 0 Å². The van der Waals surface area contributed by atoms with Crippen molar-refractivity contribution in [3.05, 3.63) is 63.9 Å². The quantitative estimate of drug-likeness (QED) is 0.582. The van der Waals surface area contributed by atoms with Gasteiger partial charge in [0.2, 0.25) is 0 Å². The summed E-state index contributed by atoms with van der Waals surface area (Å²) in [4.78, 5) is 15.6. The second-order valence-electron chi connectivity index (χ2n) is 5.67. The number of ether oxygens (including phenoxy) is 1. The van der Waals surface area contributed by atoms with Crippen LogP contribution in [-0.2, 0) is 0 Å². The number of nitrogens with one attached hydrogen (secondary N) is 1. The van der Waals surface area contributed by atoms with Crippen molar-refractivity contribution in [1.29, 1.82) is 0 Å². The molecular weight excluding hydrogens is 324 g/mol. The van der Waals surface area contributed by atoms with Crippen LogP contribution >= 0.6 is 11.6 Å². The molecule has 0 saturated carbocycles. The monoisotopic (exact) mass is 341 g/mol. The summed E-state index contributed by atoms with van der Waals surface area (Å²) >= 11 is 6.05. The number of hydrogen-bond donors (Lipinski definition) is 1. The van der Waals surface area contributed by atoms with E-state index in [0.29, 0.717) is 28.5 Å². The highest BCUT2D eigenvalue weighted by molar-refractivity contribution is 6.31. The lowest BCUT2D eigenvalue weighted by atomic mass is 10.0. The van der Waals surface area contributed by atoms with E-state index in [9.17, 15) is 4.79 Å². The number of aromatic nitrogens is 1. The van der Waals surface area contributed by atoms with E-state index in [0.717, 1.165) is 10.9 Å². The van der Waals surface area contributed by atoms with Crippen LogP contribution in [0.25, 0.3) is 22.0 Å². The number of halogens is 1. The van der Waals surface area contributed by atoms with Crippen molar-refractivity contribution >= 4 is 28.7 Å². The van der Waals surface area contributed by atoms with Crippen LogP contribution in [-0.4, -0.2) is 36.5 Å². The molecular formula is C19H18ClN2O2+. The maximum absolute atomic E-state index is 12.7. The smallest absolute Gasteiger partial charge is 0.260 e. The molecule has 5 heteroatoms. The molecule has 4 nitrogen and oxygen atoms in total. The lowest BCUT2D eigenvalue weighted by Gasteiger charge is -2.13. The van der Waals surface area contributed by atoms with Crippen LogP contribution in [0.4, 0.5) is 0 Å². The molecule has 122 valence electrons. The number of H-pyrrole nitrogens is 1. The molecule has 1 N–H and O–H groups in total. The fourth-order valence-electron chi connectivity index (χ4n) is 2.53. The van der Waals surface area contributed by atoms with E-state index in [1.165, 1.54) is 0 Å². The molecule has 0 spiro atoms. The molecule has 0 saturated heterocycles. The standard InChI is InChI=1S/C19H17ClN2O2/c1-22(2)10-11-24-18-15-9-8-14(20)12-16(15)21-19(23)17(18)13-6-4-3-5-7-13/h3-10,12H,11H2,1-2H3/p+1. The first-order chi connectivity index (χ1) is 11.6. The molecule has 0 bridgehead atoms. The minimum atomic E-state index is -0.198. The summed E-state index contributed by atoms with van der Waals surface area (Å²) in [7, 11) is 3.86. The van der Waals surface area contributed by atoms with E-state index in [4.69, 9.17) is 16.3 Å². The van der Waals surface area contributed by atoms with Crippen LogP contribution in [0, 0.1) is 0 Å². The molecule has 2 aromatic carbocycles. The van der Waals surface area contributed by atoms with Gasteiger partial charge in [0.1, 0.15) is 19.8 Å². The number of nitrogens with zero attached hydrogens (tertiary/aromatic N) is 1. The molecule has 0 atom stereocenters. The summed E-state index contributed by atoms with van der Waals surface area (Å²) in [5, 5.41) is 1.39. The minimum Gasteiger partial charge on any atom is -0.482 e. The molecule has 0 fully saturated rings. The number of rotatable bonds is 4. The van der Waals surface area contributed by atoms with Gasteiger partial charge in [-0.25, -0.2) is 4.58 Å². The van der Waals surface area contributed by atoms with E-state index < -0.39 is 0 Å². The van der Waals surface area contributed by atoms with Gasteiger partial charge in [0.05, 0.1) is 11.1 Å². The molecule has 0 aliphatic rings. The summed E-state index contributed by atoms with van der Waals surface area (Å²) in [6, 6.07) is 14.9. The molecule has 0 unspecified atom stereocenters. The van der Waals surface area contributed by atoms with Gasteiger partial charge in [-0.2, -0.15) is 0 Å². The van der Waals surface area contributed by atoms with Crippen molar-refractivity contribution in [3.8, 4) is 16.9 Å². The molecule has 24 heavy (non-hydrogen) atoms. The van der Waals surface area contributed by atoms with Gasteiger partial charge in [0, 0.05) is 10.4 Å². The number of hydrogen-bond acceptors (Lipinski definition) is 2. The Hall–Kier alpha value is -2.59. The fraction of sp³-hybridized carbons (Fsp3) is 0.158. The highest BCUT2D eigenvalue weighted by Crippen LogP contribution is 2.34. The Morgan fingerprint density at radius 1 is 1.17 bits per heavy atom. The Labute approximate surface area is 145 Å². The molecule has 3 rings (SSSR count). The molecule has 1 aromatic heterocycles. The predicted molar refractivity (Wildman–Crippen MR) is 98.7 cm³/mol. The Balaban J connectivity index is 2.25. The van der Waals surface area contributed by atoms with Crippen molar-refractivity contribution in [1.82, 2.24) is 4.98 Å². The first kappa shape index (κ1) is 16.3. The van der Waals surface area contributed by atoms with Gasteiger partial charge < -0.3 is 9.72 Å². The fourth-order valence-corrected chi connectivity index (χ4v) is 2.70. The van der Waals surface area contributed by atoms with Crippen molar-refractivity contribution in [2.24, 2.45) is 0 Å². The highest BCUT2D eigenvalue weighted by Gasteiger charge is 2.16. The van der Waals surface area contributed by atoms with Crippen LogP contribution in [0.15, 0.2) is 53.3 Å². The van der Waals surface area contributed by atoms with Gasteiger partial charge in [0.15, 0.2) is 12.8 Å².